The minimum atomic E-state index is -1.08. The third-order valence-corrected chi connectivity index (χ3v) is 2.51. The summed E-state index contributed by atoms with van der Waals surface area (Å²) in [7, 11) is 2.20. The lowest BCUT2D eigenvalue weighted by Crippen LogP contribution is -2.17. The Labute approximate surface area is 108 Å². The molecule has 1 rings (SSSR count). The van der Waals surface area contributed by atoms with E-state index in [4.69, 9.17) is 0 Å². The van der Waals surface area contributed by atoms with Crippen molar-refractivity contribution in [1.29, 1.82) is 0 Å². The van der Waals surface area contributed by atoms with Gasteiger partial charge in [-0.2, -0.15) is 0 Å². The Balaban J connectivity index is 3.39. The minimum Gasteiger partial charge on any atom is -0.465 e. The number of allylic oxidation sites excluding steroid dienone is 1. The highest BCUT2D eigenvalue weighted by Crippen LogP contribution is 2.22. The SMILES string of the molecule is COC(=O)C(C(=O)OC)=C(C)c1ccc(F)c(F)c1. The summed E-state index contributed by atoms with van der Waals surface area (Å²) in [5, 5.41) is 0. The Morgan fingerprint density at radius 2 is 1.53 bits per heavy atom. The summed E-state index contributed by atoms with van der Waals surface area (Å²) in [5.41, 5.74) is -0.0432. The highest BCUT2D eigenvalue weighted by Gasteiger charge is 2.23. The molecule has 0 heterocycles. The lowest BCUT2D eigenvalue weighted by molar-refractivity contribution is -0.143. The van der Waals surface area contributed by atoms with Crippen LogP contribution in [0.15, 0.2) is 23.8 Å². The van der Waals surface area contributed by atoms with Crippen molar-refractivity contribution >= 4 is 17.5 Å². The number of benzene rings is 1. The van der Waals surface area contributed by atoms with Crippen molar-refractivity contribution in [2.24, 2.45) is 0 Å². The Morgan fingerprint density at radius 3 is 1.95 bits per heavy atom. The summed E-state index contributed by atoms with van der Waals surface area (Å²) in [6.45, 7) is 1.41. The van der Waals surface area contributed by atoms with Crippen molar-refractivity contribution in [3.63, 3.8) is 0 Å². The largest absolute Gasteiger partial charge is 0.465 e. The zero-order valence-corrected chi connectivity index (χ0v) is 10.6. The third-order valence-electron chi connectivity index (χ3n) is 2.51. The number of hydrogen-bond acceptors (Lipinski definition) is 4. The third kappa shape index (κ3) is 3.15. The normalized spacial score (nSPS) is 9.74. The molecular weight excluding hydrogens is 258 g/mol. The van der Waals surface area contributed by atoms with Crippen molar-refractivity contribution in [3.05, 3.63) is 41.0 Å². The number of esters is 2. The molecule has 0 bridgehead atoms. The van der Waals surface area contributed by atoms with Crippen molar-refractivity contribution in [2.45, 2.75) is 6.92 Å². The maximum atomic E-state index is 13.1. The van der Waals surface area contributed by atoms with Crippen molar-refractivity contribution in [1.82, 2.24) is 0 Å². The van der Waals surface area contributed by atoms with E-state index in [0.29, 0.717) is 0 Å². The van der Waals surface area contributed by atoms with Crippen LogP contribution in [0.1, 0.15) is 12.5 Å². The summed E-state index contributed by atoms with van der Waals surface area (Å²) < 4.78 is 34.9. The zero-order chi connectivity index (χ0) is 14.6. The average molecular weight is 270 g/mol. The molecule has 1 aromatic carbocycles. The van der Waals surface area contributed by atoms with Crippen molar-refractivity contribution in [2.75, 3.05) is 14.2 Å². The van der Waals surface area contributed by atoms with Gasteiger partial charge in [0.15, 0.2) is 11.6 Å². The first-order valence-electron chi connectivity index (χ1n) is 5.25. The van der Waals surface area contributed by atoms with Crippen LogP contribution in [-0.4, -0.2) is 26.2 Å². The average Bonchev–Trinajstić information content (AvgIpc) is 2.41. The number of hydrogen-bond donors (Lipinski definition) is 0. The van der Waals surface area contributed by atoms with Gasteiger partial charge in [-0.25, -0.2) is 18.4 Å². The number of carbonyl (C=O) groups is 2. The Morgan fingerprint density at radius 1 is 1.00 bits per heavy atom. The highest BCUT2D eigenvalue weighted by molar-refractivity contribution is 6.19. The summed E-state index contributed by atoms with van der Waals surface area (Å²) in [6.07, 6.45) is 0. The maximum Gasteiger partial charge on any atom is 0.345 e. The number of carbonyl (C=O) groups excluding carboxylic acids is 2. The molecule has 102 valence electrons. The highest BCUT2D eigenvalue weighted by atomic mass is 19.2. The van der Waals surface area contributed by atoms with Crippen LogP contribution in [0.2, 0.25) is 0 Å². The molecule has 4 nitrogen and oxygen atoms in total. The zero-order valence-electron chi connectivity index (χ0n) is 10.6. The quantitative estimate of drug-likeness (QED) is 0.365. The second-order valence-corrected chi connectivity index (χ2v) is 3.61. The van der Waals surface area contributed by atoms with Gasteiger partial charge < -0.3 is 9.47 Å². The molecule has 0 radical (unpaired) electrons. The molecule has 0 spiro atoms. The lowest BCUT2D eigenvalue weighted by atomic mass is 10.0. The minimum absolute atomic E-state index is 0.137. The van der Waals surface area contributed by atoms with E-state index in [0.717, 1.165) is 26.4 Å². The molecule has 0 aliphatic rings. The molecule has 0 aromatic heterocycles. The molecule has 0 atom stereocenters. The summed E-state index contributed by atoms with van der Waals surface area (Å²) in [6, 6.07) is 3.04. The molecule has 0 aliphatic heterocycles. The molecule has 0 saturated heterocycles. The van der Waals surface area contributed by atoms with Crippen LogP contribution >= 0.6 is 0 Å². The van der Waals surface area contributed by atoms with Crippen LogP contribution in [-0.2, 0) is 19.1 Å². The van der Waals surface area contributed by atoms with Gasteiger partial charge in [0.25, 0.3) is 0 Å². The molecule has 0 unspecified atom stereocenters. The smallest absolute Gasteiger partial charge is 0.345 e. The molecular formula is C13H12F2O4. The number of methoxy groups -OCH3 is 2. The van der Waals surface area contributed by atoms with Crippen LogP contribution in [0.25, 0.3) is 5.57 Å². The van der Waals surface area contributed by atoms with Crippen LogP contribution in [0.4, 0.5) is 8.78 Å². The fourth-order valence-electron chi connectivity index (χ4n) is 1.47. The van der Waals surface area contributed by atoms with E-state index < -0.39 is 23.6 Å². The first-order valence-corrected chi connectivity index (χ1v) is 5.25. The molecule has 0 amide bonds. The van der Waals surface area contributed by atoms with Crippen LogP contribution in [0.3, 0.4) is 0 Å². The van der Waals surface area contributed by atoms with Crippen LogP contribution in [0, 0.1) is 11.6 Å². The predicted molar refractivity (Wildman–Crippen MR) is 63.0 cm³/mol. The predicted octanol–water partition coefficient (Wildman–Crippen LogP) is 2.08. The van der Waals surface area contributed by atoms with E-state index in [-0.39, 0.29) is 16.7 Å². The van der Waals surface area contributed by atoms with Gasteiger partial charge in [-0.15, -0.1) is 0 Å². The van der Waals surface area contributed by atoms with E-state index in [1.54, 1.807) is 0 Å². The first-order chi connectivity index (χ1) is 8.92. The van der Waals surface area contributed by atoms with Gasteiger partial charge >= 0.3 is 11.9 Å². The van der Waals surface area contributed by atoms with E-state index in [9.17, 15) is 18.4 Å². The topological polar surface area (TPSA) is 52.6 Å². The van der Waals surface area contributed by atoms with Gasteiger partial charge in [0.2, 0.25) is 0 Å². The Bertz CT molecular complexity index is 532. The fourth-order valence-corrected chi connectivity index (χ4v) is 1.47. The van der Waals surface area contributed by atoms with Gasteiger partial charge in [-0.05, 0) is 30.2 Å². The fraction of sp³-hybridized carbons (Fsp3) is 0.231. The van der Waals surface area contributed by atoms with Gasteiger partial charge in [0.05, 0.1) is 14.2 Å². The Kier molecular flexibility index (Phi) is 4.74. The second-order valence-electron chi connectivity index (χ2n) is 3.61. The van der Waals surface area contributed by atoms with Crippen LogP contribution < -0.4 is 0 Å². The second kappa shape index (κ2) is 6.08. The van der Waals surface area contributed by atoms with Crippen molar-refractivity contribution < 1.29 is 27.8 Å². The summed E-state index contributed by atoms with van der Waals surface area (Å²) >= 11 is 0. The number of rotatable bonds is 3. The van der Waals surface area contributed by atoms with Gasteiger partial charge in [-0.1, -0.05) is 6.07 Å². The first kappa shape index (κ1) is 14.8. The van der Waals surface area contributed by atoms with E-state index in [1.807, 2.05) is 0 Å². The monoisotopic (exact) mass is 270 g/mol. The van der Waals surface area contributed by atoms with E-state index >= 15 is 0 Å². The molecule has 0 N–H and O–H groups in total. The molecule has 6 heteroatoms. The number of halogens is 2. The summed E-state index contributed by atoms with van der Waals surface area (Å²) in [5.74, 6) is -3.91. The maximum absolute atomic E-state index is 13.1. The number of ether oxygens (including phenoxy) is 2. The standard InChI is InChI=1S/C13H12F2O4/c1-7(8-4-5-9(14)10(15)6-8)11(12(16)18-2)13(17)19-3/h4-6H,1-3H3. The molecule has 1 aromatic rings. The van der Waals surface area contributed by atoms with E-state index in [2.05, 4.69) is 9.47 Å². The van der Waals surface area contributed by atoms with Gasteiger partial charge in [0.1, 0.15) is 5.57 Å². The molecule has 19 heavy (non-hydrogen) atoms. The lowest BCUT2D eigenvalue weighted by Gasteiger charge is -2.09. The van der Waals surface area contributed by atoms with Gasteiger partial charge in [-0.3, -0.25) is 0 Å². The Hall–Kier alpha value is -2.24. The molecule has 0 saturated carbocycles. The van der Waals surface area contributed by atoms with Crippen LogP contribution in [0.5, 0.6) is 0 Å². The summed E-state index contributed by atoms with van der Waals surface area (Å²) in [4.78, 5) is 23.1. The van der Waals surface area contributed by atoms with E-state index in [1.165, 1.54) is 13.0 Å². The van der Waals surface area contributed by atoms with Crippen molar-refractivity contribution in [3.8, 4) is 0 Å². The molecule has 0 fully saturated rings. The molecule has 0 aliphatic carbocycles. The van der Waals surface area contributed by atoms with Gasteiger partial charge in [0, 0.05) is 0 Å².